The Labute approximate surface area is 162 Å². The maximum atomic E-state index is 12.8. The zero-order valence-corrected chi connectivity index (χ0v) is 15.8. The minimum atomic E-state index is -3.58. The summed E-state index contributed by atoms with van der Waals surface area (Å²) in [4.78, 5) is 27.5. The van der Waals surface area contributed by atoms with E-state index in [1.54, 1.807) is 36.4 Å². The minimum absolute atomic E-state index is 0.142. The second-order valence-corrected chi connectivity index (χ2v) is 8.62. The van der Waals surface area contributed by atoms with E-state index < -0.39 is 15.9 Å². The van der Waals surface area contributed by atoms with Crippen molar-refractivity contribution < 1.29 is 13.2 Å². The lowest BCUT2D eigenvalue weighted by Crippen LogP contribution is -2.28. The number of amides is 1. The number of carbonyl (C=O) groups is 1. The summed E-state index contributed by atoms with van der Waals surface area (Å²) in [6.45, 7) is 1.02. The van der Waals surface area contributed by atoms with Crippen molar-refractivity contribution >= 4 is 32.5 Å². The summed E-state index contributed by atoms with van der Waals surface area (Å²) in [5.74, 6) is -0.474. The fourth-order valence-electron chi connectivity index (χ4n) is 3.40. The van der Waals surface area contributed by atoms with Crippen LogP contribution in [0.3, 0.4) is 0 Å². The summed E-state index contributed by atoms with van der Waals surface area (Å²) >= 11 is 0. The molecule has 3 aromatic rings. The van der Waals surface area contributed by atoms with Gasteiger partial charge in [0.05, 0.1) is 10.5 Å². The number of para-hydroxylation sites is 1. The van der Waals surface area contributed by atoms with E-state index in [1.807, 2.05) is 0 Å². The Morgan fingerprint density at radius 3 is 2.54 bits per heavy atom. The average Bonchev–Trinajstić information content (AvgIpc) is 3.23. The van der Waals surface area contributed by atoms with Crippen LogP contribution in [-0.4, -0.2) is 36.7 Å². The van der Waals surface area contributed by atoms with Crippen molar-refractivity contribution in [3.8, 4) is 0 Å². The predicted octanol–water partition coefficient (Wildman–Crippen LogP) is 2.56. The number of fused-ring (bicyclic) bond motifs is 1. The molecule has 28 heavy (non-hydrogen) atoms. The standard InChI is InChI=1S/C20H19N3O4S/c24-19-13-17(16-8-1-2-9-18(16)22-19)20(25)21-14-6-5-7-15(12-14)28(26,27)23-10-3-4-11-23/h1-2,5-9,12-13H,3-4,10-11H2,(H,21,25)(H,22,24). The number of anilines is 1. The molecular formula is C20H19N3O4S. The van der Waals surface area contributed by atoms with Gasteiger partial charge in [0.25, 0.3) is 5.91 Å². The lowest BCUT2D eigenvalue weighted by molar-refractivity contribution is 0.102. The smallest absolute Gasteiger partial charge is 0.256 e. The molecule has 1 aliphatic rings. The van der Waals surface area contributed by atoms with Gasteiger partial charge >= 0.3 is 0 Å². The molecule has 0 bridgehead atoms. The Morgan fingerprint density at radius 2 is 1.75 bits per heavy atom. The molecule has 1 fully saturated rings. The molecule has 0 aliphatic carbocycles. The number of rotatable bonds is 4. The maximum absolute atomic E-state index is 12.8. The Hall–Kier alpha value is -2.97. The van der Waals surface area contributed by atoms with Gasteiger partial charge in [0, 0.05) is 35.7 Å². The number of benzene rings is 2. The van der Waals surface area contributed by atoms with Crippen LogP contribution < -0.4 is 10.9 Å². The van der Waals surface area contributed by atoms with E-state index in [0.717, 1.165) is 12.8 Å². The van der Waals surface area contributed by atoms with Crippen molar-refractivity contribution in [2.24, 2.45) is 0 Å². The van der Waals surface area contributed by atoms with Crippen molar-refractivity contribution in [2.45, 2.75) is 17.7 Å². The number of carbonyl (C=O) groups excluding carboxylic acids is 1. The highest BCUT2D eigenvalue weighted by Gasteiger charge is 2.27. The van der Waals surface area contributed by atoms with E-state index in [-0.39, 0.29) is 16.0 Å². The van der Waals surface area contributed by atoms with Crippen molar-refractivity contribution in [3.63, 3.8) is 0 Å². The van der Waals surface area contributed by atoms with Crippen LogP contribution in [0.4, 0.5) is 5.69 Å². The third kappa shape index (κ3) is 3.44. The first-order valence-electron chi connectivity index (χ1n) is 8.99. The van der Waals surface area contributed by atoms with Crippen molar-refractivity contribution in [1.82, 2.24) is 9.29 Å². The summed E-state index contributed by atoms with van der Waals surface area (Å²) in [7, 11) is -3.58. The van der Waals surface area contributed by atoms with Gasteiger partial charge in [0.1, 0.15) is 0 Å². The fourth-order valence-corrected chi connectivity index (χ4v) is 4.97. The van der Waals surface area contributed by atoms with Crippen molar-refractivity contribution in [3.05, 3.63) is 70.5 Å². The monoisotopic (exact) mass is 397 g/mol. The van der Waals surface area contributed by atoms with Crippen LogP contribution in [-0.2, 0) is 10.0 Å². The minimum Gasteiger partial charge on any atom is -0.322 e. The molecule has 0 spiro atoms. The third-order valence-electron chi connectivity index (χ3n) is 4.79. The van der Waals surface area contributed by atoms with Crippen LogP contribution in [0.15, 0.2) is 64.3 Å². The summed E-state index contributed by atoms with van der Waals surface area (Å²) in [5.41, 5.74) is 0.765. The second kappa shape index (κ2) is 7.21. The van der Waals surface area contributed by atoms with E-state index in [4.69, 9.17) is 0 Å². The summed E-state index contributed by atoms with van der Waals surface area (Å²) in [5, 5.41) is 3.32. The topological polar surface area (TPSA) is 99.3 Å². The SMILES string of the molecule is O=C(Nc1cccc(S(=O)(=O)N2CCCC2)c1)c1cc(=O)[nH]c2ccccc12. The molecule has 1 aromatic heterocycles. The number of nitrogens with zero attached hydrogens (tertiary/aromatic N) is 1. The first-order valence-corrected chi connectivity index (χ1v) is 10.4. The van der Waals surface area contributed by atoms with Gasteiger partial charge in [0.2, 0.25) is 15.6 Å². The van der Waals surface area contributed by atoms with E-state index in [1.165, 1.54) is 22.5 Å². The van der Waals surface area contributed by atoms with Crippen LogP contribution in [0.2, 0.25) is 0 Å². The maximum Gasteiger partial charge on any atom is 0.256 e. The van der Waals surface area contributed by atoms with Crippen LogP contribution in [0.1, 0.15) is 23.2 Å². The lowest BCUT2D eigenvalue weighted by Gasteiger charge is -2.16. The number of hydrogen-bond acceptors (Lipinski definition) is 4. The van der Waals surface area contributed by atoms with Crippen molar-refractivity contribution in [2.75, 3.05) is 18.4 Å². The molecule has 0 atom stereocenters. The van der Waals surface area contributed by atoms with E-state index in [9.17, 15) is 18.0 Å². The molecule has 2 aromatic carbocycles. The molecule has 0 saturated carbocycles. The van der Waals surface area contributed by atoms with Gasteiger partial charge in [-0.3, -0.25) is 9.59 Å². The molecule has 4 rings (SSSR count). The highest BCUT2D eigenvalue weighted by molar-refractivity contribution is 7.89. The van der Waals surface area contributed by atoms with Gasteiger partial charge in [-0.25, -0.2) is 8.42 Å². The lowest BCUT2D eigenvalue weighted by atomic mass is 10.1. The quantitative estimate of drug-likeness (QED) is 0.707. The van der Waals surface area contributed by atoms with Crippen LogP contribution >= 0.6 is 0 Å². The average molecular weight is 397 g/mol. The zero-order chi connectivity index (χ0) is 19.7. The Kier molecular flexibility index (Phi) is 4.74. The molecule has 2 heterocycles. The molecule has 1 saturated heterocycles. The number of aromatic amines is 1. The molecular weight excluding hydrogens is 378 g/mol. The number of pyridine rings is 1. The third-order valence-corrected chi connectivity index (χ3v) is 6.68. The van der Waals surface area contributed by atoms with E-state index in [2.05, 4.69) is 10.3 Å². The van der Waals surface area contributed by atoms with Gasteiger partial charge in [-0.1, -0.05) is 24.3 Å². The fraction of sp³-hybridized carbons (Fsp3) is 0.200. The Bertz CT molecular complexity index is 1210. The summed E-state index contributed by atoms with van der Waals surface area (Å²) in [6, 6.07) is 14.4. The van der Waals surface area contributed by atoms with Gasteiger partial charge in [0.15, 0.2) is 0 Å². The molecule has 1 amide bonds. The first-order chi connectivity index (χ1) is 13.4. The van der Waals surface area contributed by atoms with Crippen molar-refractivity contribution in [1.29, 1.82) is 0 Å². The molecule has 8 heteroatoms. The second-order valence-electron chi connectivity index (χ2n) is 6.69. The molecule has 0 radical (unpaired) electrons. The molecule has 1 aliphatic heterocycles. The number of sulfonamides is 1. The summed E-state index contributed by atoms with van der Waals surface area (Å²) in [6.07, 6.45) is 1.70. The van der Waals surface area contributed by atoms with E-state index >= 15 is 0 Å². The first kappa shape index (κ1) is 18.4. The molecule has 2 N–H and O–H groups in total. The number of aromatic nitrogens is 1. The van der Waals surface area contributed by atoms with E-state index in [0.29, 0.717) is 29.7 Å². The largest absolute Gasteiger partial charge is 0.322 e. The highest BCUT2D eigenvalue weighted by Crippen LogP contribution is 2.24. The van der Waals surface area contributed by atoms with Gasteiger partial charge < -0.3 is 10.3 Å². The van der Waals surface area contributed by atoms with Gasteiger partial charge in [-0.2, -0.15) is 4.31 Å². The molecule has 7 nitrogen and oxygen atoms in total. The van der Waals surface area contributed by atoms with Gasteiger partial charge in [-0.05, 0) is 37.1 Å². The van der Waals surface area contributed by atoms with Crippen LogP contribution in [0, 0.1) is 0 Å². The normalized spacial score (nSPS) is 15.0. The predicted molar refractivity (Wildman–Crippen MR) is 107 cm³/mol. The van der Waals surface area contributed by atoms with Crippen LogP contribution in [0.5, 0.6) is 0 Å². The van der Waals surface area contributed by atoms with Gasteiger partial charge in [-0.15, -0.1) is 0 Å². The zero-order valence-electron chi connectivity index (χ0n) is 15.0. The summed E-state index contributed by atoms with van der Waals surface area (Å²) < 4.78 is 26.9. The number of nitrogens with one attached hydrogen (secondary N) is 2. The number of hydrogen-bond donors (Lipinski definition) is 2. The molecule has 0 unspecified atom stereocenters. The Balaban J connectivity index is 1.65. The molecule has 144 valence electrons. The highest BCUT2D eigenvalue weighted by atomic mass is 32.2. The Morgan fingerprint density at radius 1 is 1.00 bits per heavy atom. The number of H-pyrrole nitrogens is 1. The van der Waals surface area contributed by atoms with Crippen LogP contribution in [0.25, 0.3) is 10.9 Å².